The molecule has 0 radical (unpaired) electrons. The summed E-state index contributed by atoms with van der Waals surface area (Å²) in [5.74, 6) is 3.88. The van der Waals surface area contributed by atoms with Gasteiger partial charge in [-0.15, -0.1) is 0 Å². The molecule has 0 saturated heterocycles. The Morgan fingerprint density at radius 1 is 1.15 bits per heavy atom. The lowest BCUT2D eigenvalue weighted by Crippen LogP contribution is -2.21. The molecule has 1 aliphatic carbocycles. The second-order valence-corrected chi connectivity index (χ2v) is 5.64. The normalized spacial score (nSPS) is 22.4. The number of nitrogens with one attached hydrogen (secondary N) is 2. The number of nitrogens with zero attached hydrogens (tertiary/aromatic N) is 2. The van der Waals surface area contributed by atoms with E-state index in [0.717, 1.165) is 36.6 Å². The molecule has 0 aromatic carbocycles. The number of rotatable bonds is 6. The van der Waals surface area contributed by atoms with Gasteiger partial charge in [-0.25, -0.2) is 9.97 Å². The monoisotopic (exact) mass is 278 g/mol. The fourth-order valence-corrected chi connectivity index (χ4v) is 2.76. The van der Waals surface area contributed by atoms with Crippen LogP contribution in [0.4, 0.5) is 11.6 Å². The van der Waals surface area contributed by atoms with Crippen LogP contribution in [0, 0.1) is 11.8 Å². The van der Waals surface area contributed by atoms with Crippen molar-refractivity contribution >= 4 is 11.6 Å². The smallest absolute Gasteiger partial charge is 0.204 e. The van der Waals surface area contributed by atoms with Gasteiger partial charge in [0.05, 0.1) is 7.11 Å². The van der Waals surface area contributed by atoms with E-state index < -0.39 is 0 Å². The zero-order valence-electron chi connectivity index (χ0n) is 12.8. The molecule has 1 heterocycles. The fourth-order valence-electron chi connectivity index (χ4n) is 2.76. The summed E-state index contributed by atoms with van der Waals surface area (Å²) in [5, 5.41) is 6.63. The van der Waals surface area contributed by atoms with Crippen LogP contribution in [0.2, 0.25) is 0 Å². The second kappa shape index (κ2) is 7.31. The van der Waals surface area contributed by atoms with E-state index in [2.05, 4.69) is 27.5 Å². The topological polar surface area (TPSA) is 59.1 Å². The Labute approximate surface area is 121 Å². The predicted octanol–water partition coefficient (Wildman–Crippen LogP) is 3.16. The van der Waals surface area contributed by atoms with Crippen molar-refractivity contribution in [3.63, 3.8) is 0 Å². The Morgan fingerprint density at radius 2 is 1.80 bits per heavy atom. The van der Waals surface area contributed by atoms with Crippen LogP contribution in [0.1, 0.15) is 39.5 Å². The Kier molecular flexibility index (Phi) is 5.44. The second-order valence-electron chi connectivity index (χ2n) is 5.64. The van der Waals surface area contributed by atoms with Crippen molar-refractivity contribution in [2.45, 2.75) is 39.5 Å². The zero-order chi connectivity index (χ0) is 14.4. The summed E-state index contributed by atoms with van der Waals surface area (Å²) in [4.78, 5) is 8.52. The van der Waals surface area contributed by atoms with Gasteiger partial charge in [0, 0.05) is 13.1 Å². The lowest BCUT2D eigenvalue weighted by molar-refractivity contribution is 0.300. The van der Waals surface area contributed by atoms with Gasteiger partial charge in [0.25, 0.3) is 0 Å². The molecule has 0 aliphatic heterocycles. The molecule has 20 heavy (non-hydrogen) atoms. The average Bonchev–Trinajstić information content (AvgIpc) is 2.47. The van der Waals surface area contributed by atoms with Gasteiger partial charge in [0.15, 0.2) is 11.6 Å². The molecule has 112 valence electrons. The van der Waals surface area contributed by atoms with Crippen molar-refractivity contribution in [3.05, 3.63) is 6.33 Å². The molecule has 0 amide bonds. The van der Waals surface area contributed by atoms with E-state index in [0.29, 0.717) is 5.75 Å². The maximum Gasteiger partial charge on any atom is 0.204 e. The third-order valence-corrected chi connectivity index (χ3v) is 4.05. The molecule has 0 atom stereocenters. The molecule has 1 aliphatic rings. The van der Waals surface area contributed by atoms with Crippen molar-refractivity contribution in [3.8, 4) is 5.75 Å². The zero-order valence-corrected chi connectivity index (χ0v) is 12.8. The third-order valence-electron chi connectivity index (χ3n) is 4.05. The molecule has 2 N–H and O–H groups in total. The molecule has 5 heteroatoms. The summed E-state index contributed by atoms with van der Waals surface area (Å²) in [5.41, 5.74) is 0. The van der Waals surface area contributed by atoms with Crippen molar-refractivity contribution in [1.82, 2.24) is 9.97 Å². The SMILES string of the molecule is CCNc1ncnc(NCC2CCC(C)CC2)c1OC. The van der Waals surface area contributed by atoms with Crippen LogP contribution < -0.4 is 15.4 Å². The minimum absolute atomic E-state index is 0.707. The van der Waals surface area contributed by atoms with E-state index in [-0.39, 0.29) is 0 Å². The predicted molar refractivity (Wildman–Crippen MR) is 82.4 cm³/mol. The van der Waals surface area contributed by atoms with Gasteiger partial charge in [-0.1, -0.05) is 19.8 Å². The van der Waals surface area contributed by atoms with Crippen LogP contribution in [0.25, 0.3) is 0 Å². The van der Waals surface area contributed by atoms with Crippen LogP contribution in [0.15, 0.2) is 6.33 Å². The summed E-state index contributed by atoms with van der Waals surface area (Å²) in [6.07, 6.45) is 6.88. The van der Waals surface area contributed by atoms with Crippen molar-refractivity contribution in [2.24, 2.45) is 11.8 Å². The Bertz CT molecular complexity index is 416. The fraction of sp³-hybridized carbons (Fsp3) is 0.733. The van der Waals surface area contributed by atoms with Gasteiger partial charge < -0.3 is 15.4 Å². The van der Waals surface area contributed by atoms with E-state index in [4.69, 9.17) is 4.74 Å². The van der Waals surface area contributed by atoms with E-state index in [1.54, 1.807) is 13.4 Å². The maximum atomic E-state index is 5.44. The highest BCUT2D eigenvalue weighted by Crippen LogP contribution is 2.31. The standard InChI is InChI=1S/C15H26N4O/c1-4-16-14-13(20-3)15(19-10-18-14)17-9-12-7-5-11(2)6-8-12/h10-12H,4-9H2,1-3H3,(H2,16,17,18,19). The summed E-state index contributed by atoms with van der Waals surface area (Å²) in [7, 11) is 1.66. The molecule has 1 fully saturated rings. The number of ether oxygens (including phenoxy) is 1. The van der Waals surface area contributed by atoms with E-state index in [1.165, 1.54) is 25.7 Å². The van der Waals surface area contributed by atoms with Crippen LogP contribution in [-0.2, 0) is 0 Å². The molecule has 0 unspecified atom stereocenters. The summed E-state index contributed by atoms with van der Waals surface area (Å²) in [6, 6.07) is 0. The minimum Gasteiger partial charge on any atom is -0.490 e. The minimum atomic E-state index is 0.707. The molecule has 0 spiro atoms. The molecule has 1 aromatic rings. The first-order valence-corrected chi connectivity index (χ1v) is 7.61. The van der Waals surface area contributed by atoms with Crippen LogP contribution in [0.3, 0.4) is 0 Å². The Balaban J connectivity index is 1.96. The lowest BCUT2D eigenvalue weighted by Gasteiger charge is -2.26. The Hall–Kier alpha value is -1.52. The number of aromatic nitrogens is 2. The van der Waals surface area contributed by atoms with Gasteiger partial charge in [-0.3, -0.25) is 0 Å². The maximum absolute atomic E-state index is 5.44. The summed E-state index contributed by atoms with van der Waals surface area (Å²) < 4.78 is 5.44. The van der Waals surface area contributed by atoms with E-state index in [1.807, 2.05) is 6.92 Å². The average molecular weight is 278 g/mol. The van der Waals surface area contributed by atoms with Crippen LogP contribution in [0.5, 0.6) is 5.75 Å². The first-order chi connectivity index (χ1) is 9.74. The van der Waals surface area contributed by atoms with Gasteiger partial charge >= 0.3 is 0 Å². The van der Waals surface area contributed by atoms with Crippen LogP contribution in [-0.4, -0.2) is 30.2 Å². The largest absolute Gasteiger partial charge is 0.490 e. The number of methoxy groups -OCH3 is 1. The van der Waals surface area contributed by atoms with Crippen molar-refractivity contribution in [2.75, 3.05) is 30.8 Å². The molecule has 0 bridgehead atoms. The first-order valence-electron chi connectivity index (χ1n) is 7.61. The molecular formula is C15H26N4O. The highest BCUT2D eigenvalue weighted by atomic mass is 16.5. The molecule has 2 rings (SSSR count). The van der Waals surface area contributed by atoms with E-state index >= 15 is 0 Å². The first kappa shape index (κ1) is 14.9. The quantitative estimate of drug-likeness (QED) is 0.837. The third kappa shape index (κ3) is 3.74. The molecule has 1 saturated carbocycles. The van der Waals surface area contributed by atoms with Gasteiger partial charge in [0.2, 0.25) is 5.75 Å². The summed E-state index contributed by atoms with van der Waals surface area (Å²) in [6.45, 7) is 6.16. The highest BCUT2D eigenvalue weighted by molar-refractivity contribution is 5.63. The van der Waals surface area contributed by atoms with Gasteiger partial charge in [-0.2, -0.15) is 0 Å². The molecular weight excluding hydrogens is 252 g/mol. The summed E-state index contributed by atoms with van der Waals surface area (Å²) >= 11 is 0. The number of anilines is 2. The van der Waals surface area contributed by atoms with Crippen molar-refractivity contribution in [1.29, 1.82) is 0 Å². The van der Waals surface area contributed by atoms with Crippen molar-refractivity contribution < 1.29 is 4.74 Å². The van der Waals surface area contributed by atoms with Gasteiger partial charge in [0.1, 0.15) is 6.33 Å². The Morgan fingerprint density at radius 3 is 2.40 bits per heavy atom. The highest BCUT2D eigenvalue weighted by Gasteiger charge is 2.19. The lowest BCUT2D eigenvalue weighted by atomic mass is 9.83. The number of hydrogen-bond acceptors (Lipinski definition) is 5. The molecule has 1 aromatic heterocycles. The van der Waals surface area contributed by atoms with Crippen LogP contribution >= 0.6 is 0 Å². The van der Waals surface area contributed by atoms with E-state index in [9.17, 15) is 0 Å². The van der Waals surface area contributed by atoms with Gasteiger partial charge in [-0.05, 0) is 31.6 Å². The number of hydrogen-bond donors (Lipinski definition) is 2. The molecule has 5 nitrogen and oxygen atoms in total.